The van der Waals surface area contributed by atoms with Crippen molar-refractivity contribution in [3.63, 3.8) is 0 Å². The summed E-state index contributed by atoms with van der Waals surface area (Å²) in [4.78, 5) is 19.4. The molecule has 1 rings (SSSR count). The van der Waals surface area contributed by atoms with Gasteiger partial charge in [-0.2, -0.15) is 0 Å². The highest BCUT2D eigenvalue weighted by atomic mass is 28.4. The molecule has 0 radical (unpaired) electrons. The second kappa shape index (κ2) is 4.70. The molecule has 0 aromatic heterocycles. The largest absolute Gasteiger partial charge is 0.531 e. The molecule has 0 saturated carbocycles. The molecular weight excluding hydrogens is 196 g/mol. The van der Waals surface area contributed by atoms with Gasteiger partial charge in [0.25, 0.3) is 0 Å². The molecule has 0 atom stereocenters. The van der Waals surface area contributed by atoms with Gasteiger partial charge in [-0.25, -0.2) is 0 Å². The Labute approximate surface area is 85.3 Å². The van der Waals surface area contributed by atoms with E-state index in [9.17, 15) is 9.59 Å². The fourth-order valence-electron chi connectivity index (χ4n) is 1.02. The Morgan fingerprint density at radius 1 is 1.21 bits per heavy atom. The molecule has 0 fully saturated rings. The summed E-state index contributed by atoms with van der Waals surface area (Å²) < 4.78 is 5.13. The van der Waals surface area contributed by atoms with Gasteiger partial charge in [0.1, 0.15) is 0 Å². The first kappa shape index (κ1) is 11.4. The third-order valence-electron chi connectivity index (χ3n) is 1.77. The van der Waals surface area contributed by atoms with Crippen LogP contribution in [0.2, 0.25) is 0 Å². The molecule has 0 spiro atoms. The maximum atomic E-state index is 9.71. The Balaban J connectivity index is 2.66. The maximum absolute atomic E-state index is 9.71. The summed E-state index contributed by atoms with van der Waals surface area (Å²) in [5, 5.41) is 0.487. The molecule has 78 valence electrons. The fourth-order valence-corrected chi connectivity index (χ4v) is 2.38. The molecule has 0 saturated heterocycles. The van der Waals surface area contributed by atoms with Gasteiger partial charge in [0, 0.05) is 11.8 Å². The molecule has 0 aliphatic carbocycles. The van der Waals surface area contributed by atoms with Gasteiger partial charge in [-0.3, -0.25) is 0 Å². The van der Waals surface area contributed by atoms with E-state index in [4.69, 9.17) is 4.43 Å². The van der Waals surface area contributed by atoms with Crippen molar-refractivity contribution in [3.05, 3.63) is 30.3 Å². The van der Waals surface area contributed by atoms with E-state index >= 15 is 0 Å². The number of benzene rings is 1. The lowest BCUT2D eigenvalue weighted by Gasteiger charge is -2.19. The fraction of sp³-hybridized carbons (Fsp3) is 0.400. The molecular formula is C10H16O3Si. The lowest BCUT2D eigenvalue weighted by atomic mass is 10.2. The molecule has 14 heavy (non-hydrogen) atoms. The van der Waals surface area contributed by atoms with E-state index in [1.165, 1.54) is 0 Å². The average molecular weight is 212 g/mol. The molecule has 4 heteroatoms. The van der Waals surface area contributed by atoms with Crippen LogP contribution in [0.3, 0.4) is 0 Å². The Morgan fingerprint density at radius 2 is 1.79 bits per heavy atom. The smallest absolute Gasteiger partial charge is 0.386 e. The first-order valence-electron chi connectivity index (χ1n) is 4.66. The van der Waals surface area contributed by atoms with Gasteiger partial charge in [-0.1, -0.05) is 44.2 Å². The van der Waals surface area contributed by atoms with Crippen LogP contribution in [0, 0.1) is 5.92 Å². The van der Waals surface area contributed by atoms with Crippen molar-refractivity contribution in [2.75, 3.05) is 6.61 Å². The van der Waals surface area contributed by atoms with Gasteiger partial charge in [-0.05, 0) is 5.92 Å². The van der Waals surface area contributed by atoms with Crippen LogP contribution in [-0.2, 0) is 4.43 Å². The van der Waals surface area contributed by atoms with Crippen LogP contribution < -0.4 is 5.19 Å². The second-order valence-electron chi connectivity index (χ2n) is 3.68. The Morgan fingerprint density at radius 3 is 2.29 bits per heavy atom. The van der Waals surface area contributed by atoms with Crippen molar-refractivity contribution < 1.29 is 14.0 Å². The molecule has 0 heterocycles. The third-order valence-corrected chi connectivity index (χ3v) is 3.42. The number of hydrogen-bond donors (Lipinski definition) is 2. The van der Waals surface area contributed by atoms with Crippen LogP contribution in [0.25, 0.3) is 0 Å². The van der Waals surface area contributed by atoms with E-state index in [1.54, 1.807) is 24.3 Å². The predicted octanol–water partition coefficient (Wildman–Crippen LogP) is 0.490. The molecule has 0 unspecified atom stereocenters. The van der Waals surface area contributed by atoms with Gasteiger partial charge in [-0.15, -0.1) is 0 Å². The summed E-state index contributed by atoms with van der Waals surface area (Å²) in [5.74, 6) is 0.296. The van der Waals surface area contributed by atoms with Gasteiger partial charge in [0.15, 0.2) is 0 Å². The molecule has 1 aromatic carbocycles. The summed E-state index contributed by atoms with van der Waals surface area (Å²) in [5.41, 5.74) is 0. The van der Waals surface area contributed by atoms with Gasteiger partial charge in [0.2, 0.25) is 0 Å². The minimum absolute atomic E-state index is 0.296. The van der Waals surface area contributed by atoms with E-state index < -0.39 is 8.80 Å². The maximum Gasteiger partial charge on any atom is 0.531 e. The third kappa shape index (κ3) is 3.23. The van der Waals surface area contributed by atoms with Gasteiger partial charge < -0.3 is 14.0 Å². The molecule has 3 nitrogen and oxygen atoms in total. The first-order chi connectivity index (χ1) is 6.52. The molecule has 0 aliphatic heterocycles. The Bertz CT molecular complexity index is 272. The highest BCUT2D eigenvalue weighted by Gasteiger charge is 2.35. The van der Waals surface area contributed by atoms with Crippen molar-refractivity contribution in [1.82, 2.24) is 0 Å². The van der Waals surface area contributed by atoms with E-state index in [0.717, 1.165) is 0 Å². The quantitative estimate of drug-likeness (QED) is 0.714. The molecule has 0 aliphatic rings. The minimum Gasteiger partial charge on any atom is -0.386 e. The Hall–Kier alpha value is -0.683. The summed E-state index contributed by atoms with van der Waals surface area (Å²) >= 11 is 0. The summed E-state index contributed by atoms with van der Waals surface area (Å²) in [7, 11) is -3.64. The van der Waals surface area contributed by atoms with Crippen LogP contribution in [0.5, 0.6) is 0 Å². The van der Waals surface area contributed by atoms with Gasteiger partial charge in [0.05, 0.1) is 0 Å². The van der Waals surface area contributed by atoms with E-state index in [2.05, 4.69) is 0 Å². The zero-order valence-electron chi connectivity index (χ0n) is 8.47. The number of rotatable bonds is 4. The van der Waals surface area contributed by atoms with Crippen molar-refractivity contribution in [3.8, 4) is 0 Å². The topological polar surface area (TPSA) is 49.7 Å². The van der Waals surface area contributed by atoms with Crippen molar-refractivity contribution in [1.29, 1.82) is 0 Å². The van der Waals surface area contributed by atoms with Crippen LogP contribution >= 0.6 is 0 Å². The molecule has 1 aromatic rings. The van der Waals surface area contributed by atoms with E-state index in [-0.39, 0.29) is 0 Å². The predicted molar refractivity (Wildman–Crippen MR) is 57.1 cm³/mol. The van der Waals surface area contributed by atoms with Crippen LogP contribution in [0.15, 0.2) is 30.3 Å². The van der Waals surface area contributed by atoms with Gasteiger partial charge >= 0.3 is 8.80 Å². The van der Waals surface area contributed by atoms with E-state index in [0.29, 0.717) is 17.7 Å². The monoisotopic (exact) mass is 212 g/mol. The molecule has 2 N–H and O–H groups in total. The molecule has 0 bridgehead atoms. The van der Waals surface area contributed by atoms with Crippen molar-refractivity contribution in [2.45, 2.75) is 13.8 Å². The molecule has 0 amide bonds. The van der Waals surface area contributed by atoms with E-state index in [1.807, 2.05) is 19.9 Å². The normalized spacial score (nSPS) is 12.1. The SMILES string of the molecule is CC(C)CO[Si](O)(O)c1ccccc1. The summed E-state index contributed by atoms with van der Waals surface area (Å²) in [6, 6.07) is 8.71. The van der Waals surface area contributed by atoms with Crippen molar-refractivity contribution >= 4 is 14.0 Å². The van der Waals surface area contributed by atoms with Crippen LogP contribution in [0.4, 0.5) is 0 Å². The lowest BCUT2D eigenvalue weighted by molar-refractivity contribution is 0.145. The highest BCUT2D eigenvalue weighted by Crippen LogP contribution is 2.01. The average Bonchev–Trinajstić information content (AvgIpc) is 2.16. The summed E-state index contributed by atoms with van der Waals surface area (Å²) in [6.07, 6.45) is 0. The standard InChI is InChI=1S/C10H16O3Si/c1-9(2)8-13-14(11,12)10-6-4-3-5-7-10/h3-7,9,11-12H,8H2,1-2H3. The van der Waals surface area contributed by atoms with Crippen molar-refractivity contribution in [2.24, 2.45) is 5.92 Å². The summed E-state index contributed by atoms with van der Waals surface area (Å²) in [6.45, 7) is 4.30. The minimum atomic E-state index is -3.64. The zero-order chi connectivity index (χ0) is 10.6. The number of hydrogen-bond acceptors (Lipinski definition) is 3. The second-order valence-corrected chi connectivity index (χ2v) is 5.76. The lowest BCUT2D eigenvalue weighted by Crippen LogP contribution is -2.52. The highest BCUT2D eigenvalue weighted by molar-refractivity contribution is 6.72. The first-order valence-corrected chi connectivity index (χ1v) is 6.47. The van der Waals surface area contributed by atoms with Crippen LogP contribution in [0.1, 0.15) is 13.8 Å². The Kier molecular flexibility index (Phi) is 3.83. The van der Waals surface area contributed by atoms with Crippen LogP contribution in [-0.4, -0.2) is 25.0 Å². The zero-order valence-corrected chi connectivity index (χ0v) is 9.47.